The number of nitrogens with two attached hydrogens (primary N) is 1. The van der Waals surface area contributed by atoms with E-state index in [0.29, 0.717) is 18.0 Å². The van der Waals surface area contributed by atoms with Crippen molar-refractivity contribution in [2.45, 2.75) is 32.1 Å². The Hall–Kier alpha value is -2.80. The van der Waals surface area contributed by atoms with E-state index in [-0.39, 0.29) is 5.91 Å². The second-order valence-electron chi connectivity index (χ2n) is 6.22. The second kappa shape index (κ2) is 8.73. The number of carbonyl (C=O) groups is 1. The zero-order valence-electron chi connectivity index (χ0n) is 15.5. The lowest BCUT2D eigenvalue weighted by Crippen LogP contribution is -2.24. The van der Waals surface area contributed by atoms with Gasteiger partial charge in [0.1, 0.15) is 0 Å². The van der Waals surface area contributed by atoms with E-state index in [1.807, 2.05) is 66.9 Å². The van der Waals surface area contributed by atoms with E-state index in [9.17, 15) is 4.79 Å². The van der Waals surface area contributed by atoms with Crippen molar-refractivity contribution in [2.24, 2.45) is 0 Å². The molecule has 0 saturated carbocycles. The summed E-state index contributed by atoms with van der Waals surface area (Å²) in [7, 11) is 0. The van der Waals surface area contributed by atoms with Gasteiger partial charge in [-0.1, -0.05) is 41.6 Å². The maximum absolute atomic E-state index is 12.2. The fraction of sp³-hybridized carbons (Fsp3) is 0.250. The minimum absolute atomic E-state index is 0.0275. The van der Waals surface area contributed by atoms with Crippen molar-refractivity contribution in [1.29, 1.82) is 0 Å². The van der Waals surface area contributed by atoms with Crippen LogP contribution in [0.4, 0.5) is 5.69 Å². The topological polar surface area (TPSA) is 85.8 Å². The van der Waals surface area contributed by atoms with Crippen molar-refractivity contribution in [1.82, 2.24) is 20.1 Å². The Morgan fingerprint density at radius 1 is 1.11 bits per heavy atom. The average molecular weight is 382 g/mol. The molecule has 3 aromatic rings. The number of nitrogens with zero attached hydrogens (tertiary/aromatic N) is 3. The van der Waals surface area contributed by atoms with E-state index in [4.69, 9.17) is 5.73 Å². The molecule has 0 aliphatic heterocycles. The van der Waals surface area contributed by atoms with E-state index in [2.05, 4.69) is 15.5 Å². The van der Waals surface area contributed by atoms with E-state index >= 15 is 0 Å². The Balaban J connectivity index is 1.59. The summed E-state index contributed by atoms with van der Waals surface area (Å²) in [6.07, 6.45) is 0. The number of nitrogen functional groups attached to an aromatic ring is 1. The first-order valence-electron chi connectivity index (χ1n) is 8.81. The summed E-state index contributed by atoms with van der Waals surface area (Å²) in [6, 6.07) is 15.7. The number of aromatic nitrogens is 3. The van der Waals surface area contributed by atoms with Crippen LogP contribution in [0.15, 0.2) is 53.7 Å². The lowest BCUT2D eigenvalue weighted by Gasteiger charge is -2.08. The van der Waals surface area contributed by atoms with Gasteiger partial charge in [-0.2, -0.15) is 0 Å². The van der Waals surface area contributed by atoms with Gasteiger partial charge in [-0.05, 0) is 43.7 Å². The zero-order chi connectivity index (χ0) is 19.2. The van der Waals surface area contributed by atoms with Gasteiger partial charge < -0.3 is 15.6 Å². The lowest BCUT2D eigenvalue weighted by atomic mass is 10.1. The highest BCUT2D eigenvalue weighted by Crippen LogP contribution is 2.24. The summed E-state index contributed by atoms with van der Waals surface area (Å²) < 4.78 is 2.00. The lowest BCUT2D eigenvalue weighted by molar-refractivity contribution is -0.118. The Morgan fingerprint density at radius 2 is 1.81 bits per heavy atom. The molecular formula is C20H23N5OS. The molecule has 0 aliphatic rings. The number of rotatable bonds is 7. The number of carbonyl (C=O) groups excluding carboxylic acids is 1. The van der Waals surface area contributed by atoms with Crippen LogP contribution in [0.1, 0.15) is 18.1 Å². The standard InChI is InChI=1S/C20H23N5OS/c1-3-25-19(16-8-10-17(21)11-9-16)23-24-20(25)27-13-18(26)22-12-15-6-4-14(2)5-7-15/h4-11H,3,12-13,21H2,1-2H3,(H,22,26). The van der Waals surface area contributed by atoms with Crippen LogP contribution in [0.2, 0.25) is 0 Å². The minimum atomic E-state index is -0.0275. The van der Waals surface area contributed by atoms with E-state index < -0.39 is 0 Å². The summed E-state index contributed by atoms with van der Waals surface area (Å²) in [5.41, 5.74) is 9.70. The molecule has 0 atom stereocenters. The van der Waals surface area contributed by atoms with Gasteiger partial charge >= 0.3 is 0 Å². The fourth-order valence-electron chi connectivity index (χ4n) is 2.61. The van der Waals surface area contributed by atoms with E-state index in [0.717, 1.165) is 28.7 Å². The number of thioether (sulfide) groups is 1. The van der Waals surface area contributed by atoms with Crippen LogP contribution in [-0.2, 0) is 17.9 Å². The predicted molar refractivity (Wildman–Crippen MR) is 109 cm³/mol. The Labute approximate surface area is 163 Å². The van der Waals surface area contributed by atoms with Gasteiger partial charge in [-0.15, -0.1) is 10.2 Å². The number of nitrogens with one attached hydrogen (secondary N) is 1. The predicted octanol–water partition coefficient (Wildman–Crippen LogP) is 3.26. The number of anilines is 1. The summed E-state index contributed by atoms with van der Waals surface area (Å²) in [4.78, 5) is 12.2. The number of hydrogen-bond donors (Lipinski definition) is 2. The highest BCUT2D eigenvalue weighted by molar-refractivity contribution is 7.99. The van der Waals surface area contributed by atoms with Crippen molar-refractivity contribution in [3.8, 4) is 11.4 Å². The molecule has 7 heteroatoms. The molecule has 140 valence electrons. The number of aryl methyl sites for hydroxylation is 1. The number of amides is 1. The Bertz CT molecular complexity index is 903. The molecule has 1 heterocycles. The Kier molecular flexibility index (Phi) is 6.13. The van der Waals surface area contributed by atoms with Gasteiger partial charge in [-0.3, -0.25) is 4.79 Å². The van der Waals surface area contributed by atoms with Crippen LogP contribution in [0, 0.1) is 6.92 Å². The number of hydrogen-bond acceptors (Lipinski definition) is 5. The molecule has 0 saturated heterocycles. The summed E-state index contributed by atoms with van der Waals surface area (Å²) in [5, 5.41) is 12.2. The Morgan fingerprint density at radius 3 is 2.48 bits per heavy atom. The van der Waals surface area contributed by atoms with Crippen LogP contribution >= 0.6 is 11.8 Å². The van der Waals surface area contributed by atoms with Crippen molar-refractivity contribution in [3.05, 3.63) is 59.7 Å². The minimum Gasteiger partial charge on any atom is -0.399 e. The third-order valence-corrected chi connectivity index (χ3v) is 5.11. The van der Waals surface area contributed by atoms with Crippen molar-refractivity contribution in [3.63, 3.8) is 0 Å². The summed E-state index contributed by atoms with van der Waals surface area (Å²) in [6.45, 7) is 5.32. The molecule has 0 bridgehead atoms. The van der Waals surface area contributed by atoms with Gasteiger partial charge in [0.05, 0.1) is 5.75 Å². The van der Waals surface area contributed by atoms with Gasteiger partial charge in [-0.25, -0.2) is 0 Å². The maximum atomic E-state index is 12.2. The van der Waals surface area contributed by atoms with Crippen LogP contribution < -0.4 is 11.1 Å². The van der Waals surface area contributed by atoms with Crippen molar-refractivity contribution in [2.75, 3.05) is 11.5 Å². The zero-order valence-corrected chi connectivity index (χ0v) is 16.3. The molecule has 2 aromatic carbocycles. The quantitative estimate of drug-likeness (QED) is 0.485. The first-order chi connectivity index (χ1) is 13.1. The van der Waals surface area contributed by atoms with Gasteiger partial charge in [0, 0.05) is 24.3 Å². The fourth-order valence-corrected chi connectivity index (χ4v) is 3.45. The molecule has 0 spiro atoms. The maximum Gasteiger partial charge on any atom is 0.230 e. The first kappa shape index (κ1) is 19.0. The SMILES string of the molecule is CCn1c(SCC(=O)NCc2ccc(C)cc2)nnc1-c1ccc(N)cc1. The molecule has 0 unspecified atom stereocenters. The highest BCUT2D eigenvalue weighted by atomic mass is 32.2. The molecule has 3 rings (SSSR count). The highest BCUT2D eigenvalue weighted by Gasteiger charge is 2.14. The number of benzene rings is 2. The molecule has 6 nitrogen and oxygen atoms in total. The molecular weight excluding hydrogens is 358 g/mol. The van der Waals surface area contributed by atoms with Gasteiger partial charge in [0.25, 0.3) is 0 Å². The van der Waals surface area contributed by atoms with E-state index in [1.165, 1.54) is 17.3 Å². The molecule has 1 aromatic heterocycles. The molecule has 0 radical (unpaired) electrons. The first-order valence-corrected chi connectivity index (χ1v) is 9.79. The molecule has 3 N–H and O–H groups in total. The largest absolute Gasteiger partial charge is 0.399 e. The van der Waals surface area contributed by atoms with Gasteiger partial charge in [0.15, 0.2) is 11.0 Å². The van der Waals surface area contributed by atoms with Crippen LogP contribution in [0.5, 0.6) is 0 Å². The van der Waals surface area contributed by atoms with Crippen molar-refractivity contribution < 1.29 is 4.79 Å². The second-order valence-corrected chi connectivity index (χ2v) is 7.17. The third kappa shape index (κ3) is 4.89. The molecule has 27 heavy (non-hydrogen) atoms. The van der Waals surface area contributed by atoms with Gasteiger partial charge in [0.2, 0.25) is 5.91 Å². The smallest absolute Gasteiger partial charge is 0.230 e. The molecule has 1 amide bonds. The monoisotopic (exact) mass is 381 g/mol. The molecule has 0 aliphatic carbocycles. The summed E-state index contributed by atoms with van der Waals surface area (Å²) >= 11 is 1.39. The van der Waals surface area contributed by atoms with Crippen LogP contribution in [0.25, 0.3) is 11.4 Å². The van der Waals surface area contributed by atoms with E-state index in [1.54, 1.807) is 0 Å². The normalized spacial score (nSPS) is 10.7. The average Bonchev–Trinajstić information content (AvgIpc) is 3.09. The molecule has 0 fully saturated rings. The van der Waals surface area contributed by atoms with Crippen molar-refractivity contribution >= 4 is 23.4 Å². The summed E-state index contributed by atoms with van der Waals surface area (Å²) in [5.74, 6) is 1.05. The van der Waals surface area contributed by atoms with Crippen LogP contribution in [0.3, 0.4) is 0 Å². The van der Waals surface area contributed by atoms with Crippen LogP contribution in [-0.4, -0.2) is 26.4 Å². The third-order valence-electron chi connectivity index (χ3n) is 4.14.